The lowest BCUT2D eigenvalue weighted by atomic mass is 10.1. The minimum Gasteiger partial charge on any atom is -0.399 e. The fraction of sp³-hybridized carbons (Fsp3) is 0.333. The lowest BCUT2D eigenvalue weighted by Crippen LogP contribution is -2.34. The van der Waals surface area contributed by atoms with Crippen molar-refractivity contribution in [3.05, 3.63) is 35.9 Å². The molecule has 2 N–H and O–H groups in total. The predicted octanol–water partition coefficient (Wildman–Crippen LogP) is 1.19. The number of nitrogen functional groups attached to an aromatic ring is 1. The third-order valence-electron chi connectivity index (χ3n) is 3.20. The van der Waals surface area contributed by atoms with Gasteiger partial charge >= 0.3 is 0 Å². The van der Waals surface area contributed by atoms with E-state index in [9.17, 15) is 0 Å². The Hall–Kier alpha value is -2.04. The second kappa shape index (κ2) is 3.76. The van der Waals surface area contributed by atoms with E-state index in [1.165, 1.54) is 11.3 Å². The molecule has 0 fully saturated rings. The maximum atomic E-state index is 5.77. The zero-order chi connectivity index (χ0) is 11.8. The molecule has 1 aliphatic heterocycles. The summed E-state index contributed by atoms with van der Waals surface area (Å²) in [7, 11) is 0. The summed E-state index contributed by atoms with van der Waals surface area (Å²) in [5, 5.41) is 8.06. The van der Waals surface area contributed by atoms with Gasteiger partial charge in [0.15, 0.2) is 5.82 Å². The lowest BCUT2D eigenvalue weighted by molar-refractivity contribution is 0.559. The molecule has 5 heteroatoms. The zero-order valence-electron chi connectivity index (χ0n) is 9.80. The quantitative estimate of drug-likeness (QED) is 0.746. The Balaban J connectivity index is 1.91. The Kier molecular flexibility index (Phi) is 2.24. The highest BCUT2D eigenvalue weighted by atomic mass is 15.3. The van der Waals surface area contributed by atoms with Crippen LogP contribution in [0.1, 0.15) is 11.4 Å². The van der Waals surface area contributed by atoms with Crippen molar-refractivity contribution in [3.63, 3.8) is 0 Å². The lowest BCUT2D eigenvalue weighted by Gasteiger charge is -2.30. The van der Waals surface area contributed by atoms with Gasteiger partial charge in [0.2, 0.25) is 0 Å². The van der Waals surface area contributed by atoms with E-state index >= 15 is 0 Å². The van der Waals surface area contributed by atoms with E-state index in [-0.39, 0.29) is 0 Å². The first-order chi connectivity index (χ1) is 8.24. The number of benzene rings is 1. The van der Waals surface area contributed by atoms with Crippen LogP contribution in [0.4, 0.5) is 11.4 Å². The molecule has 0 atom stereocenters. The zero-order valence-corrected chi connectivity index (χ0v) is 9.80. The smallest absolute Gasteiger partial charge is 0.152 e. The molecule has 1 aromatic heterocycles. The normalized spacial score (nSPS) is 14.8. The van der Waals surface area contributed by atoms with Crippen LogP contribution in [0.5, 0.6) is 0 Å². The summed E-state index contributed by atoms with van der Waals surface area (Å²) in [6.45, 7) is 4.82. The summed E-state index contributed by atoms with van der Waals surface area (Å²) in [5.41, 5.74) is 9.02. The van der Waals surface area contributed by atoms with Gasteiger partial charge in [0.25, 0.3) is 0 Å². The number of hydrogen-bond acceptors (Lipinski definition) is 4. The van der Waals surface area contributed by atoms with E-state index < -0.39 is 0 Å². The molecule has 3 rings (SSSR count). The van der Waals surface area contributed by atoms with E-state index in [0.717, 1.165) is 31.1 Å². The molecule has 0 saturated carbocycles. The molecule has 0 saturated heterocycles. The molecule has 5 nitrogen and oxygen atoms in total. The van der Waals surface area contributed by atoms with Crippen molar-refractivity contribution in [2.24, 2.45) is 0 Å². The first kappa shape index (κ1) is 10.1. The second-order valence-corrected chi connectivity index (χ2v) is 4.41. The van der Waals surface area contributed by atoms with Crippen LogP contribution in [-0.4, -0.2) is 21.3 Å². The molecular formula is C12H15N5. The van der Waals surface area contributed by atoms with Crippen LogP contribution in [0.15, 0.2) is 24.5 Å². The van der Waals surface area contributed by atoms with Crippen LogP contribution < -0.4 is 10.6 Å². The molecule has 2 heterocycles. The van der Waals surface area contributed by atoms with E-state index in [1.807, 2.05) is 12.1 Å². The highest BCUT2D eigenvalue weighted by Gasteiger charge is 2.18. The fourth-order valence-corrected chi connectivity index (χ4v) is 2.31. The maximum absolute atomic E-state index is 5.77. The highest BCUT2D eigenvalue weighted by molar-refractivity contribution is 5.59. The van der Waals surface area contributed by atoms with Gasteiger partial charge in [0.05, 0.1) is 6.54 Å². The Morgan fingerprint density at radius 3 is 3.00 bits per heavy atom. The van der Waals surface area contributed by atoms with E-state index in [4.69, 9.17) is 5.73 Å². The molecule has 88 valence electrons. The summed E-state index contributed by atoms with van der Waals surface area (Å²) >= 11 is 0. The number of rotatable bonds is 1. The van der Waals surface area contributed by atoms with Gasteiger partial charge in [0.1, 0.15) is 6.33 Å². The number of anilines is 2. The van der Waals surface area contributed by atoms with Crippen LogP contribution in [0.25, 0.3) is 0 Å². The minimum absolute atomic E-state index is 0.810. The summed E-state index contributed by atoms with van der Waals surface area (Å²) in [6.07, 6.45) is 1.79. The van der Waals surface area contributed by atoms with Gasteiger partial charge in [0, 0.05) is 24.5 Å². The Morgan fingerprint density at radius 2 is 2.18 bits per heavy atom. The molecule has 0 unspecified atom stereocenters. The Morgan fingerprint density at radius 1 is 1.29 bits per heavy atom. The topological polar surface area (TPSA) is 60.0 Å². The number of aryl methyl sites for hydroxylation is 1. The Bertz CT molecular complexity index is 546. The largest absolute Gasteiger partial charge is 0.399 e. The first-order valence-corrected chi connectivity index (χ1v) is 5.72. The summed E-state index contributed by atoms with van der Waals surface area (Å²) in [6, 6.07) is 6.03. The molecule has 1 aromatic carbocycles. The Labute approximate surface area is 99.9 Å². The number of hydrogen-bond donors (Lipinski definition) is 1. The standard InChI is InChI=1S/C12H15N5/c1-9-6-10(13)2-3-11(9)16-4-5-17-8-14-15-12(17)7-16/h2-3,6,8H,4-5,7,13H2,1H3. The van der Waals surface area contributed by atoms with Crippen molar-refractivity contribution in [2.45, 2.75) is 20.0 Å². The predicted molar refractivity (Wildman–Crippen MR) is 66.7 cm³/mol. The molecule has 17 heavy (non-hydrogen) atoms. The van der Waals surface area contributed by atoms with Gasteiger partial charge < -0.3 is 15.2 Å². The van der Waals surface area contributed by atoms with Crippen LogP contribution in [0.2, 0.25) is 0 Å². The van der Waals surface area contributed by atoms with E-state index in [1.54, 1.807) is 6.33 Å². The van der Waals surface area contributed by atoms with E-state index in [0.29, 0.717) is 0 Å². The van der Waals surface area contributed by atoms with Crippen molar-refractivity contribution >= 4 is 11.4 Å². The molecule has 0 radical (unpaired) electrons. The van der Waals surface area contributed by atoms with Crippen LogP contribution in [0.3, 0.4) is 0 Å². The second-order valence-electron chi connectivity index (χ2n) is 4.41. The molecule has 0 spiro atoms. The van der Waals surface area contributed by atoms with E-state index in [2.05, 4.69) is 32.7 Å². The number of nitrogens with two attached hydrogens (primary N) is 1. The number of fused-ring (bicyclic) bond motifs is 1. The van der Waals surface area contributed by atoms with Gasteiger partial charge in [-0.15, -0.1) is 10.2 Å². The van der Waals surface area contributed by atoms with Crippen molar-refractivity contribution in [2.75, 3.05) is 17.2 Å². The number of nitrogens with zero attached hydrogens (tertiary/aromatic N) is 4. The monoisotopic (exact) mass is 229 g/mol. The average Bonchev–Trinajstić information content (AvgIpc) is 2.75. The molecule has 2 aromatic rings. The molecule has 1 aliphatic rings. The van der Waals surface area contributed by atoms with Gasteiger partial charge in [-0.25, -0.2) is 0 Å². The minimum atomic E-state index is 0.810. The summed E-state index contributed by atoms with van der Waals surface area (Å²) in [5.74, 6) is 1.02. The van der Waals surface area contributed by atoms with Crippen LogP contribution in [-0.2, 0) is 13.1 Å². The van der Waals surface area contributed by atoms with Crippen molar-refractivity contribution in [3.8, 4) is 0 Å². The fourth-order valence-electron chi connectivity index (χ4n) is 2.31. The molecular weight excluding hydrogens is 214 g/mol. The molecule has 0 aliphatic carbocycles. The summed E-state index contributed by atoms with van der Waals surface area (Å²) in [4.78, 5) is 2.32. The van der Waals surface area contributed by atoms with Crippen molar-refractivity contribution in [1.29, 1.82) is 0 Å². The van der Waals surface area contributed by atoms with Gasteiger partial charge in [-0.05, 0) is 30.7 Å². The molecule has 0 bridgehead atoms. The molecule has 0 amide bonds. The van der Waals surface area contributed by atoms with Gasteiger partial charge in [-0.2, -0.15) is 0 Å². The SMILES string of the molecule is Cc1cc(N)ccc1N1CCn2cnnc2C1. The third-order valence-corrected chi connectivity index (χ3v) is 3.20. The third kappa shape index (κ3) is 1.73. The van der Waals surface area contributed by atoms with Gasteiger partial charge in [-0.1, -0.05) is 0 Å². The first-order valence-electron chi connectivity index (χ1n) is 5.72. The van der Waals surface area contributed by atoms with Crippen molar-refractivity contribution < 1.29 is 0 Å². The van der Waals surface area contributed by atoms with Crippen LogP contribution in [0, 0.1) is 6.92 Å². The maximum Gasteiger partial charge on any atom is 0.152 e. The number of aromatic nitrogens is 3. The average molecular weight is 229 g/mol. The summed E-state index contributed by atoms with van der Waals surface area (Å²) < 4.78 is 2.10. The van der Waals surface area contributed by atoms with Crippen molar-refractivity contribution in [1.82, 2.24) is 14.8 Å². The van der Waals surface area contributed by atoms with Crippen LogP contribution >= 0.6 is 0 Å². The van der Waals surface area contributed by atoms with Gasteiger partial charge in [-0.3, -0.25) is 0 Å². The highest BCUT2D eigenvalue weighted by Crippen LogP contribution is 2.25.